The zero-order valence-corrected chi connectivity index (χ0v) is 17.0. The number of benzene rings is 1. The monoisotopic (exact) mass is 380 g/mol. The summed E-state index contributed by atoms with van der Waals surface area (Å²) in [5.41, 5.74) is 6.46. The van der Waals surface area contributed by atoms with E-state index in [0.717, 1.165) is 41.6 Å². The van der Waals surface area contributed by atoms with Crippen LogP contribution >= 0.6 is 0 Å². The van der Waals surface area contributed by atoms with E-state index < -0.39 is 0 Å². The van der Waals surface area contributed by atoms with Gasteiger partial charge in [0.2, 0.25) is 0 Å². The molecule has 1 atom stereocenters. The smallest absolute Gasteiger partial charge is 0.251 e. The highest BCUT2D eigenvalue weighted by molar-refractivity contribution is 5.99. The third kappa shape index (κ3) is 3.56. The van der Waals surface area contributed by atoms with Gasteiger partial charge in [0, 0.05) is 40.9 Å². The highest BCUT2D eigenvalue weighted by atomic mass is 16.5. The van der Waals surface area contributed by atoms with Crippen molar-refractivity contribution in [1.82, 2.24) is 20.5 Å². The number of nitrogens with one attached hydrogen (secondary N) is 3. The summed E-state index contributed by atoms with van der Waals surface area (Å²) in [6, 6.07) is 7.81. The molecule has 0 saturated carbocycles. The van der Waals surface area contributed by atoms with Crippen LogP contribution in [0.15, 0.2) is 24.3 Å². The van der Waals surface area contributed by atoms with Crippen molar-refractivity contribution in [2.75, 3.05) is 13.7 Å². The molecule has 1 aliphatic rings. The molecule has 0 aliphatic heterocycles. The molecule has 0 bridgehead atoms. The minimum absolute atomic E-state index is 0.0350. The molecule has 6 nitrogen and oxygen atoms in total. The number of aromatic amines is 2. The van der Waals surface area contributed by atoms with E-state index in [4.69, 9.17) is 4.74 Å². The van der Waals surface area contributed by atoms with Crippen molar-refractivity contribution in [3.8, 4) is 11.4 Å². The molecule has 0 radical (unpaired) electrons. The predicted octanol–water partition coefficient (Wildman–Crippen LogP) is 3.84. The van der Waals surface area contributed by atoms with Gasteiger partial charge in [-0.1, -0.05) is 19.9 Å². The quantitative estimate of drug-likeness (QED) is 0.629. The van der Waals surface area contributed by atoms with Crippen LogP contribution in [0.3, 0.4) is 0 Å². The second-order valence-electron chi connectivity index (χ2n) is 8.69. The van der Waals surface area contributed by atoms with Gasteiger partial charge in [0.1, 0.15) is 5.69 Å². The van der Waals surface area contributed by atoms with Gasteiger partial charge < -0.3 is 15.0 Å². The molecule has 2 heterocycles. The third-order valence-corrected chi connectivity index (χ3v) is 5.59. The first-order valence-corrected chi connectivity index (χ1v) is 9.85. The Balaban J connectivity index is 1.61. The largest absolute Gasteiger partial charge is 0.383 e. The number of carbonyl (C=O) groups is 1. The maximum atomic E-state index is 12.5. The number of hydrogen-bond donors (Lipinski definition) is 3. The molecular weight excluding hydrogens is 352 g/mol. The lowest BCUT2D eigenvalue weighted by Crippen LogP contribution is -2.35. The number of rotatable bonds is 5. The number of carbonyl (C=O) groups excluding carboxylic acids is 1. The van der Waals surface area contributed by atoms with Crippen molar-refractivity contribution >= 4 is 16.8 Å². The topological polar surface area (TPSA) is 82.8 Å². The Morgan fingerprint density at radius 2 is 2.18 bits per heavy atom. The van der Waals surface area contributed by atoms with E-state index in [0.29, 0.717) is 17.6 Å². The van der Waals surface area contributed by atoms with Gasteiger partial charge in [-0.2, -0.15) is 5.10 Å². The lowest BCUT2D eigenvalue weighted by Gasteiger charge is -2.28. The second kappa shape index (κ2) is 7.09. The number of fused-ring (bicyclic) bond motifs is 2. The fourth-order valence-electron chi connectivity index (χ4n) is 4.06. The van der Waals surface area contributed by atoms with Crippen LogP contribution in [0, 0.1) is 5.41 Å². The Morgan fingerprint density at radius 3 is 2.96 bits per heavy atom. The minimum Gasteiger partial charge on any atom is -0.383 e. The molecule has 1 unspecified atom stereocenters. The zero-order chi connectivity index (χ0) is 19.9. The maximum absolute atomic E-state index is 12.5. The average Bonchev–Trinajstić information content (AvgIpc) is 3.23. The number of hydrogen-bond acceptors (Lipinski definition) is 3. The fraction of sp³-hybridized carbons (Fsp3) is 0.455. The molecular formula is C22H28N4O2. The third-order valence-electron chi connectivity index (χ3n) is 5.59. The number of methoxy groups -OCH3 is 1. The van der Waals surface area contributed by atoms with Gasteiger partial charge in [0.05, 0.1) is 12.3 Å². The molecule has 4 rings (SSSR count). The molecule has 28 heavy (non-hydrogen) atoms. The summed E-state index contributed by atoms with van der Waals surface area (Å²) in [6.07, 6.45) is 3.23. The number of nitrogens with zero attached hydrogens (tertiary/aromatic N) is 1. The Labute approximate surface area is 165 Å². The van der Waals surface area contributed by atoms with Crippen LogP contribution in [0.5, 0.6) is 0 Å². The molecule has 1 amide bonds. The van der Waals surface area contributed by atoms with E-state index in [1.165, 1.54) is 11.3 Å². The summed E-state index contributed by atoms with van der Waals surface area (Å²) in [6.45, 7) is 7.02. The van der Waals surface area contributed by atoms with Crippen molar-refractivity contribution in [3.63, 3.8) is 0 Å². The summed E-state index contributed by atoms with van der Waals surface area (Å²) in [5, 5.41) is 11.9. The summed E-state index contributed by atoms with van der Waals surface area (Å²) >= 11 is 0. The van der Waals surface area contributed by atoms with Gasteiger partial charge in [-0.05, 0) is 49.8 Å². The van der Waals surface area contributed by atoms with Crippen molar-refractivity contribution in [1.29, 1.82) is 0 Å². The molecule has 3 N–H and O–H groups in total. The van der Waals surface area contributed by atoms with Gasteiger partial charge in [-0.25, -0.2) is 0 Å². The lowest BCUT2D eigenvalue weighted by atomic mass is 9.76. The Hall–Kier alpha value is -2.60. The van der Waals surface area contributed by atoms with E-state index in [2.05, 4.69) is 40.4 Å². The van der Waals surface area contributed by atoms with Crippen molar-refractivity contribution in [2.24, 2.45) is 5.41 Å². The molecule has 1 aromatic carbocycles. The summed E-state index contributed by atoms with van der Waals surface area (Å²) in [4.78, 5) is 15.9. The van der Waals surface area contributed by atoms with E-state index in [9.17, 15) is 4.79 Å². The number of H-pyrrole nitrogens is 2. The lowest BCUT2D eigenvalue weighted by molar-refractivity contribution is 0.0905. The molecule has 0 spiro atoms. The first-order valence-electron chi connectivity index (χ1n) is 9.85. The first kappa shape index (κ1) is 18.7. The normalized spacial score (nSPS) is 16.7. The van der Waals surface area contributed by atoms with Crippen LogP contribution in [0.2, 0.25) is 0 Å². The maximum Gasteiger partial charge on any atom is 0.251 e. The predicted molar refractivity (Wildman–Crippen MR) is 110 cm³/mol. The standard InChI is InChI=1S/C22H28N4O2/c1-13(12-28-4)23-21(27)15-6-5-14-9-18(24-17(14)10-15)20-16-7-8-22(2,3)11-19(16)25-26-20/h5-6,9-10,13,24H,7-8,11-12H2,1-4H3,(H,23,27)(H,25,26). The van der Waals surface area contributed by atoms with Gasteiger partial charge in [-0.3, -0.25) is 9.89 Å². The van der Waals surface area contributed by atoms with Gasteiger partial charge >= 0.3 is 0 Å². The fourth-order valence-corrected chi connectivity index (χ4v) is 4.06. The number of amides is 1. The Morgan fingerprint density at radius 1 is 1.36 bits per heavy atom. The van der Waals surface area contributed by atoms with E-state index >= 15 is 0 Å². The van der Waals surface area contributed by atoms with E-state index in [1.54, 1.807) is 7.11 Å². The Kier molecular flexibility index (Phi) is 4.75. The first-order chi connectivity index (χ1) is 13.4. The van der Waals surface area contributed by atoms with Gasteiger partial charge in [-0.15, -0.1) is 0 Å². The molecule has 0 saturated heterocycles. The van der Waals surface area contributed by atoms with Crippen LogP contribution in [-0.2, 0) is 17.6 Å². The Bertz CT molecular complexity index is 1010. The van der Waals surface area contributed by atoms with Crippen LogP contribution in [0.4, 0.5) is 0 Å². The van der Waals surface area contributed by atoms with Crippen LogP contribution in [0.1, 0.15) is 48.8 Å². The van der Waals surface area contributed by atoms with Gasteiger partial charge in [0.15, 0.2) is 0 Å². The van der Waals surface area contributed by atoms with Crippen molar-refractivity contribution < 1.29 is 9.53 Å². The van der Waals surface area contributed by atoms with Gasteiger partial charge in [0.25, 0.3) is 5.91 Å². The van der Waals surface area contributed by atoms with Crippen LogP contribution in [0.25, 0.3) is 22.3 Å². The highest BCUT2D eigenvalue weighted by Crippen LogP contribution is 2.38. The number of aromatic nitrogens is 3. The SMILES string of the molecule is COCC(C)NC(=O)c1ccc2cc(-c3n[nH]c4c3CCC(C)(C)C4)[nH]c2c1. The van der Waals surface area contributed by atoms with Crippen molar-refractivity contribution in [2.45, 2.75) is 46.1 Å². The number of ether oxygens (including phenoxy) is 1. The summed E-state index contributed by atoms with van der Waals surface area (Å²) < 4.78 is 5.08. The molecule has 0 fully saturated rings. The van der Waals surface area contributed by atoms with Crippen LogP contribution in [-0.4, -0.2) is 40.8 Å². The van der Waals surface area contributed by atoms with E-state index in [1.807, 2.05) is 25.1 Å². The minimum atomic E-state index is -0.0954. The second-order valence-corrected chi connectivity index (χ2v) is 8.69. The summed E-state index contributed by atoms with van der Waals surface area (Å²) in [5.74, 6) is -0.0954. The van der Waals surface area contributed by atoms with Crippen molar-refractivity contribution in [3.05, 3.63) is 41.1 Å². The highest BCUT2D eigenvalue weighted by Gasteiger charge is 2.29. The van der Waals surface area contributed by atoms with Crippen LogP contribution < -0.4 is 5.32 Å². The molecule has 2 aromatic heterocycles. The molecule has 1 aliphatic carbocycles. The molecule has 6 heteroatoms. The summed E-state index contributed by atoms with van der Waals surface area (Å²) in [7, 11) is 1.63. The molecule has 148 valence electrons. The molecule has 3 aromatic rings. The average molecular weight is 380 g/mol. The van der Waals surface area contributed by atoms with E-state index in [-0.39, 0.29) is 11.9 Å². The zero-order valence-electron chi connectivity index (χ0n) is 17.0.